The van der Waals surface area contributed by atoms with Gasteiger partial charge in [-0.3, -0.25) is 9.78 Å². The normalized spacial score (nSPS) is 20.2. The number of pyridine rings is 1. The lowest BCUT2D eigenvalue weighted by atomic mass is 10.1. The zero-order valence-corrected chi connectivity index (χ0v) is 13.0. The number of hydrogen-bond donors (Lipinski definition) is 3. The van der Waals surface area contributed by atoms with Gasteiger partial charge in [0.1, 0.15) is 11.8 Å². The quantitative estimate of drug-likeness (QED) is 0.787. The fourth-order valence-corrected chi connectivity index (χ4v) is 2.58. The monoisotopic (exact) mass is 312 g/mol. The molecule has 1 aliphatic rings. The summed E-state index contributed by atoms with van der Waals surface area (Å²) < 4.78 is 5.53. The first-order chi connectivity index (χ1) is 11.3. The van der Waals surface area contributed by atoms with Gasteiger partial charge in [0.05, 0.1) is 24.0 Å². The molecule has 3 rings (SSSR count). The van der Waals surface area contributed by atoms with Crippen molar-refractivity contribution in [1.82, 2.24) is 15.8 Å². The first kappa shape index (κ1) is 15.5. The Morgan fingerprint density at radius 2 is 2.09 bits per heavy atom. The lowest BCUT2D eigenvalue weighted by Gasteiger charge is -2.14. The van der Waals surface area contributed by atoms with Gasteiger partial charge < -0.3 is 10.1 Å². The summed E-state index contributed by atoms with van der Waals surface area (Å²) in [7, 11) is 0. The summed E-state index contributed by atoms with van der Waals surface area (Å²) >= 11 is 0. The fraction of sp³-hybridized carbons (Fsp3) is 0.294. The molecule has 1 aromatic carbocycles. The van der Waals surface area contributed by atoms with Crippen molar-refractivity contribution in [3.05, 3.63) is 54.4 Å². The highest BCUT2D eigenvalue weighted by Crippen LogP contribution is 2.25. The summed E-state index contributed by atoms with van der Waals surface area (Å²) in [6.07, 6.45) is 2.39. The molecule has 3 N–H and O–H groups in total. The van der Waals surface area contributed by atoms with Crippen LogP contribution in [0.15, 0.2) is 48.7 Å². The average molecular weight is 312 g/mol. The molecule has 120 valence electrons. The summed E-state index contributed by atoms with van der Waals surface area (Å²) in [4.78, 5) is 16.8. The minimum atomic E-state index is -0.323. The van der Waals surface area contributed by atoms with E-state index in [-0.39, 0.29) is 18.0 Å². The predicted molar refractivity (Wildman–Crippen MR) is 87.9 cm³/mol. The van der Waals surface area contributed by atoms with Crippen molar-refractivity contribution in [2.45, 2.75) is 25.4 Å². The summed E-state index contributed by atoms with van der Waals surface area (Å²) in [6.45, 7) is 2.47. The van der Waals surface area contributed by atoms with Gasteiger partial charge in [-0.2, -0.15) is 0 Å². The van der Waals surface area contributed by atoms with Crippen molar-refractivity contribution in [3.8, 4) is 5.75 Å². The molecule has 0 radical (unpaired) electrons. The number of para-hydroxylation sites is 2. The van der Waals surface area contributed by atoms with E-state index >= 15 is 0 Å². The second-order valence-electron chi connectivity index (χ2n) is 5.30. The van der Waals surface area contributed by atoms with Crippen molar-refractivity contribution in [1.29, 1.82) is 0 Å². The maximum Gasteiger partial charge on any atom is 0.243 e. The molecular formula is C17H20N4O2. The molecule has 23 heavy (non-hydrogen) atoms. The fourth-order valence-electron chi connectivity index (χ4n) is 2.58. The highest BCUT2D eigenvalue weighted by atomic mass is 16.5. The van der Waals surface area contributed by atoms with Gasteiger partial charge in [-0.15, -0.1) is 0 Å². The summed E-state index contributed by atoms with van der Waals surface area (Å²) in [6, 6.07) is 12.9. The zero-order chi connectivity index (χ0) is 16.1. The van der Waals surface area contributed by atoms with E-state index in [1.54, 1.807) is 6.20 Å². The number of carbonyl (C=O) groups is 1. The Bertz CT molecular complexity index is 663. The van der Waals surface area contributed by atoms with Crippen LogP contribution in [0.25, 0.3) is 0 Å². The smallest absolute Gasteiger partial charge is 0.243 e. The molecule has 1 amide bonds. The maximum atomic E-state index is 12.5. The number of hydrogen-bond acceptors (Lipinski definition) is 5. The van der Waals surface area contributed by atoms with E-state index in [1.807, 2.05) is 49.4 Å². The van der Waals surface area contributed by atoms with Crippen molar-refractivity contribution in [2.75, 3.05) is 11.9 Å². The second kappa shape index (κ2) is 7.21. The van der Waals surface area contributed by atoms with Crippen molar-refractivity contribution in [3.63, 3.8) is 0 Å². The Balaban J connectivity index is 1.64. The van der Waals surface area contributed by atoms with E-state index in [1.165, 1.54) is 0 Å². The highest BCUT2D eigenvalue weighted by Gasteiger charge is 2.31. The van der Waals surface area contributed by atoms with Gasteiger partial charge in [0.25, 0.3) is 0 Å². The van der Waals surface area contributed by atoms with Crippen molar-refractivity contribution < 1.29 is 9.53 Å². The van der Waals surface area contributed by atoms with Crippen molar-refractivity contribution >= 4 is 11.6 Å². The largest absolute Gasteiger partial charge is 0.492 e. The molecule has 0 bridgehead atoms. The second-order valence-corrected chi connectivity index (χ2v) is 5.30. The van der Waals surface area contributed by atoms with Crippen LogP contribution in [0.4, 0.5) is 5.69 Å². The third kappa shape index (κ3) is 3.67. The molecule has 2 unspecified atom stereocenters. The summed E-state index contributed by atoms with van der Waals surface area (Å²) in [5.41, 5.74) is 7.76. The van der Waals surface area contributed by atoms with E-state index in [9.17, 15) is 4.79 Å². The number of nitrogens with zero attached hydrogens (tertiary/aromatic N) is 1. The number of nitrogens with one attached hydrogen (secondary N) is 3. The SMILES string of the molecule is CCOc1ccccc1NC(=O)C1CC(c2ccccn2)NN1. The van der Waals surface area contributed by atoms with E-state index < -0.39 is 0 Å². The molecule has 2 heterocycles. The van der Waals surface area contributed by atoms with Gasteiger partial charge in [-0.1, -0.05) is 18.2 Å². The topological polar surface area (TPSA) is 75.3 Å². The highest BCUT2D eigenvalue weighted by molar-refractivity contribution is 5.96. The number of anilines is 1. The minimum absolute atomic E-state index is 0.0223. The maximum absolute atomic E-state index is 12.5. The Kier molecular flexibility index (Phi) is 4.85. The number of rotatable bonds is 5. The van der Waals surface area contributed by atoms with Gasteiger partial charge in [-0.25, -0.2) is 10.9 Å². The average Bonchev–Trinajstić information content (AvgIpc) is 3.08. The molecular weight excluding hydrogens is 292 g/mol. The number of amides is 1. The molecule has 1 fully saturated rings. The first-order valence-electron chi connectivity index (χ1n) is 7.72. The molecule has 0 spiro atoms. The molecule has 1 saturated heterocycles. The molecule has 1 aliphatic heterocycles. The standard InChI is InChI=1S/C17H20N4O2/c1-2-23-16-9-4-3-8-13(16)19-17(22)15-11-14(20-21-15)12-7-5-6-10-18-12/h3-10,14-15,20-21H,2,11H2,1H3,(H,19,22). The third-order valence-corrected chi connectivity index (χ3v) is 3.71. The Morgan fingerprint density at radius 1 is 1.26 bits per heavy atom. The number of ether oxygens (including phenoxy) is 1. The number of benzene rings is 1. The summed E-state index contributed by atoms with van der Waals surface area (Å²) in [5.74, 6) is 0.582. The van der Waals surface area contributed by atoms with Gasteiger partial charge >= 0.3 is 0 Å². The number of carbonyl (C=O) groups excluding carboxylic acids is 1. The molecule has 2 atom stereocenters. The van der Waals surface area contributed by atoms with Crippen LogP contribution >= 0.6 is 0 Å². The van der Waals surface area contributed by atoms with E-state index in [4.69, 9.17) is 4.74 Å². The van der Waals surface area contributed by atoms with Crippen LogP contribution in [-0.2, 0) is 4.79 Å². The van der Waals surface area contributed by atoms with Crippen LogP contribution in [0.5, 0.6) is 5.75 Å². The summed E-state index contributed by atoms with van der Waals surface area (Å²) in [5, 5.41) is 2.92. The molecule has 1 aromatic heterocycles. The van der Waals surface area contributed by atoms with Crippen molar-refractivity contribution in [2.24, 2.45) is 0 Å². The molecule has 6 nitrogen and oxygen atoms in total. The van der Waals surface area contributed by atoms with Crippen LogP contribution < -0.4 is 20.9 Å². The first-order valence-corrected chi connectivity index (χ1v) is 7.72. The number of aromatic nitrogens is 1. The van der Waals surface area contributed by atoms with Crippen LogP contribution in [0.3, 0.4) is 0 Å². The van der Waals surface area contributed by atoms with Gasteiger partial charge in [0.2, 0.25) is 5.91 Å². The van der Waals surface area contributed by atoms with Gasteiger partial charge in [0, 0.05) is 6.20 Å². The Labute approximate surface area is 135 Å². The van der Waals surface area contributed by atoms with Crippen LogP contribution in [0, 0.1) is 0 Å². The van der Waals surface area contributed by atoms with E-state index in [0.717, 1.165) is 5.69 Å². The third-order valence-electron chi connectivity index (χ3n) is 3.71. The molecule has 0 saturated carbocycles. The predicted octanol–water partition coefficient (Wildman–Crippen LogP) is 2.03. The van der Waals surface area contributed by atoms with E-state index in [2.05, 4.69) is 21.2 Å². The lowest BCUT2D eigenvalue weighted by Crippen LogP contribution is -2.39. The zero-order valence-electron chi connectivity index (χ0n) is 13.0. The minimum Gasteiger partial charge on any atom is -0.492 e. The van der Waals surface area contributed by atoms with Gasteiger partial charge in [0.15, 0.2) is 0 Å². The van der Waals surface area contributed by atoms with Crippen LogP contribution in [0.2, 0.25) is 0 Å². The Hall–Kier alpha value is -2.44. The molecule has 2 aromatic rings. The van der Waals surface area contributed by atoms with E-state index in [0.29, 0.717) is 24.5 Å². The molecule has 6 heteroatoms. The molecule has 0 aliphatic carbocycles. The number of hydrazine groups is 1. The Morgan fingerprint density at radius 3 is 2.87 bits per heavy atom. The van der Waals surface area contributed by atoms with Crippen LogP contribution in [0.1, 0.15) is 25.1 Å². The lowest BCUT2D eigenvalue weighted by molar-refractivity contribution is -0.117. The van der Waals surface area contributed by atoms with Gasteiger partial charge in [-0.05, 0) is 37.6 Å². The van der Waals surface area contributed by atoms with Crippen LogP contribution in [-0.4, -0.2) is 23.5 Å².